The van der Waals surface area contributed by atoms with E-state index in [-0.39, 0.29) is 0 Å². The number of nitrogens with zero attached hydrogens (tertiary/aromatic N) is 3. The topological polar surface area (TPSA) is 62.9 Å². The summed E-state index contributed by atoms with van der Waals surface area (Å²) in [5, 5.41) is 29.3. The van der Waals surface area contributed by atoms with Gasteiger partial charge in [-0.05, 0) is 107 Å². The van der Waals surface area contributed by atoms with E-state index in [0.717, 1.165) is 44.8 Å². The molecule has 0 saturated carbocycles. The van der Waals surface area contributed by atoms with Crippen molar-refractivity contribution in [1.82, 2.24) is 0 Å². The Labute approximate surface area is 238 Å². The van der Waals surface area contributed by atoms with Crippen molar-refractivity contribution in [2.75, 3.05) is 10.2 Å². The first-order valence-electron chi connectivity index (χ1n) is 13.5. The van der Waals surface area contributed by atoms with Gasteiger partial charge in [0.05, 0.1) is 29.0 Å². The predicted molar refractivity (Wildman–Crippen MR) is 169 cm³/mol. The normalized spacial score (nSPS) is 11.0. The van der Waals surface area contributed by atoms with E-state index < -0.39 is 0 Å². The van der Waals surface area contributed by atoms with E-state index in [2.05, 4.69) is 83.9 Å². The summed E-state index contributed by atoms with van der Waals surface area (Å²) in [5.41, 5.74) is 7.55. The molecule has 0 unspecified atom stereocenters. The Morgan fingerprint density at radius 1 is 0.585 bits per heavy atom. The van der Waals surface area contributed by atoms with Crippen LogP contribution >= 0.6 is 0 Å². The van der Waals surface area contributed by atoms with Crippen LogP contribution in [-0.4, -0.2) is 0 Å². The molecule has 7 rings (SSSR count). The van der Waals surface area contributed by atoms with Gasteiger partial charge in [0.2, 0.25) is 0 Å². The Morgan fingerprint density at radius 2 is 1.17 bits per heavy atom. The van der Waals surface area contributed by atoms with Crippen molar-refractivity contribution in [3.63, 3.8) is 0 Å². The smallest absolute Gasteiger partial charge is 0.0991 e. The molecule has 0 bridgehead atoms. The van der Waals surface area contributed by atoms with Crippen molar-refractivity contribution < 1.29 is 0 Å². The average molecular weight is 525 g/mol. The van der Waals surface area contributed by atoms with Crippen LogP contribution in [0.5, 0.6) is 0 Å². The number of para-hydroxylation sites is 1. The van der Waals surface area contributed by atoms with Crippen molar-refractivity contribution in [2.24, 2.45) is 0 Å². The van der Waals surface area contributed by atoms with Gasteiger partial charge >= 0.3 is 0 Å². The first kappa shape index (κ1) is 24.2. The van der Waals surface area contributed by atoms with Crippen LogP contribution in [-0.2, 0) is 0 Å². The fraction of sp³-hybridized carbons (Fsp3) is 0.0270. The Morgan fingerprint density at radius 3 is 1.88 bits per heavy atom. The Kier molecular flexibility index (Phi) is 5.74. The van der Waals surface area contributed by atoms with Crippen LogP contribution in [0.1, 0.15) is 16.7 Å². The van der Waals surface area contributed by atoms with Gasteiger partial charge in [-0.25, -0.2) is 0 Å². The van der Waals surface area contributed by atoms with Crippen LogP contribution in [0.3, 0.4) is 0 Å². The summed E-state index contributed by atoms with van der Waals surface area (Å²) >= 11 is 0. The number of hydrogen-bond acceptors (Lipinski definition) is 4. The number of rotatable bonds is 5. The Bertz CT molecular complexity index is 2130. The van der Waals surface area contributed by atoms with Gasteiger partial charge in [-0.15, -0.1) is 0 Å². The van der Waals surface area contributed by atoms with Crippen molar-refractivity contribution in [3.05, 3.63) is 138 Å². The standard InChI is InChI=1S/C37H24N4/c1-24-21-28-12-18-32-34(41(30-5-3-2-4-6-30)31-16-9-26(23-39)10-17-31)20-13-27-11-19-33(36(28)35(27)32)37(24)40-29-14-7-25(22-38)8-15-29/h2-21,40H,1H3. The highest BCUT2D eigenvalue weighted by molar-refractivity contribution is 6.28. The lowest BCUT2D eigenvalue weighted by Gasteiger charge is -2.28. The van der Waals surface area contributed by atoms with E-state index in [0.29, 0.717) is 11.1 Å². The summed E-state index contributed by atoms with van der Waals surface area (Å²) in [5.74, 6) is 0. The highest BCUT2D eigenvalue weighted by Crippen LogP contribution is 2.45. The second-order valence-electron chi connectivity index (χ2n) is 10.2. The van der Waals surface area contributed by atoms with Gasteiger partial charge in [0, 0.05) is 33.5 Å². The van der Waals surface area contributed by atoms with Gasteiger partial charge in [0.15, 0.2) is 0 Å². The summed E-state index contributed by atoms with van der Waals surface area (Å²) in [6, 6.07) is 45.6. The molecule has 0 amide bonds. The SMILES string of the molecule is Cc1cc2ccc3c(N(c4ccccc4)c4ccc(C#N)cc4)ccc4ccc(c1Nc1ccc(C#N)cc1)c2c43. The summed E-state index contributed by atoms with van der Waals surface area (Å²) in [6.45, 7) is 2.13. The molecule has 0 fully saturated rings. The van der Waals surface area contributed by atoms with Crippen molar-refractivity contribution >= 4 is 60.8 Å². The molecule has 4 heteroatoms. The van der Waals surface area contributed by atoms with Crippen LogP contribution in [0.25, 0.3) is 32.3 Å². The molecule has 192 valence electrons. The molecular weight excluding hydrogens is 500 g/mol. The van der Waals surface area contributed by atoms with E-state index in [9.17, 15) is 10.5 Å². The highest BCUT2D eigenvalue weighted by atomic mass is 15.1. The van der Waals surface area contributed by atoms with Gasteiger partial charge in [0.25, 0.3) is 0 Å². The van der Waals surface area contributed by atoms with Crippen LogP contribution in [0.15, 0.2) is 121 Å². The zero-order valence-corrected chi connectivity index (χ0v) is 22.4. The van der Waals surface area contributed by atoms with E-state index in [1.165, 1.54) is 21.5 Å². The first-order valence-corrected chi connectivity index (χ1v) is 13.5. The molecule has 0 aromatic heterocycles. The number of hydrogen-bond donors (Lipinski definition) is 1. The van der Waals surface area contributed by atoms with Crippen molar-refractivity contribution in [2.45, 2.75) is 6.92 Å². The van der Waals surface area contributed by atoms with Gasteiger partial charge in [-0.1, -0.05) is 48.5 Å². The molecule has 0 aliphatic heterocycles. The summed E-state index contributed by atoms with van der Waals surface area (Å²) in [4.78, 5) is 2.26. The number of benzene rings is 7. The maximum absolute atomic E-state index is 9.38. The monoisotopic (exact) mass is 524 g/mol. The molecule has 41 heavy (non-hydrogen) atoms. The molecule has 0 heterocycles. The minimum Gasteiger partial charge on any atom is -0.355 e. The third kappa shape index (κ3) is 4.07. The molecule has 7 aromatic rings. The van der Waals surface area contributed by atoms with E-state index in [1.54, 1.807) is 0 Å². The lowest BCUT2D eigenvalue weighted by molar-refractivity contribution is 1.30. The summed E-state index contributed by atoms with van der Waals surface area (Å²) in [7, 11) is 0. The molecule has 7 aromatic carbocycles. The van der Waals surface area contributed by atoms with E-state index in [4.69, 9.17) is 0 Å². The first-order chi connectivity index (χ1) is 20.1. The molecular formula is C37H24N4. The largest absolute Gasteiger partial charge is 0.355 e. The molecule has 1 N–H and O–H groups in total. The molecule has 4 nitrogen and oxygen atoms in total. The summed E-state index contributed by atoms with van der Waals surface area (Å²) < 4.78 is 0. The second-order valence-corrected chi connectivity index (χ2v) is 10.2. The molecule has 0 spiro atoms. The predicted octanol–water partition coefficient (Wildman–Crippen LogP) is 9.85. The van der Waals surface area contributed by atoms with E-state index in [1.807, 2.05) is 66.7 Å². The van der Waals surface area contributed by atoms with Crippen LogP contribution in [0.2, 0.25) is 0 Å². The number of nitriles is 2. The number of nitrogens with one attached hydrogen (secondary N) is 1. The quantitative estimate of drug-likeness (QED) is 0.228. The zero-order chi connectivity index (χ0) is 27.9. The zero-order valence-electron chi connectivity index (χ0n) is 22.4. The van der Waals surface area contributed by atoms with Crippen LogP contribution in [0, 0.1) is 29.6 Å². The lowest BCUT2D eigenvalue weighted by Crippen LogP contribution is -2.10. The minimum absolute atomic E-state index is 0.634. The Hall–Kier alpha value is -5.84. The molecule has 0 aliphatic rings. The highest BCUT2D eigenvalue weighted by Gasteiger charge is 2.19. The maximum atomic E-state index is 9.38. The molecule has 0 aliphatic carbocycles. The van der Waals surface area contributed by atoms with Gasteiger partial charge in [0.1, 0.15) is 0 Å². The van der Waals surface area contributed by atoms with Crippen LogP contribution < -0.4 is 10.2 Å². The van der Waals surface area contributed by atoms with Gasteiger partial charge in [-0.3, -0.25) is 0 Å². The van der Waals surface area contributed by atoms with Gasteiger partial charge < -0.3 is 10.2 Å². The molecule has 0 atom stereocenters. The van der Waals surface area contributed by atoms with Crippen molar-refractivity contribution in [1.29, 1.82) is 10.5 Å². The van der Waals surface area contributed by atoms with E-state index >= 15 is 0 Å². The van der Waals surface area contributed by atoms with Crippen molar-refractivity contribution in [3.8, 4) is 12.1 Å². The minimum atomic E-state index is 0.634. The second kappa shape index (κ2) is 9.72. The third-order valence-corrected chi connectivity index (χ3v) is 7.75. The number of anilines is 5. The van der Waals surface area contributed by atoms with Crippen LogP contribution in [0.4, 0.5) is 28.4 Å². The number of aryl methyl sites for hydroxylation is 1. The lowest BCUT2D eigenvalue weighted by atomic mass is 9.90. The van der Waals surface area contributed by atoms with Gasteiger partial charge in [-0.2, -0.15) is 10.5 Å². The Balaban J connectivity index is 1.47. The summed E-state index contributed by atoms with van der Waals surface area (Å²) in [6.07, 6.45) is 0. The molecule has 0 radical (unpaired) electrons. The fourth-order valence-corrected chi connectivity index (χ4v) is 5.83. The molecule has 0 saturated heterocycles. The fourth-order valence-electron chi connectivity index (χ4n) is 5.83. The maximum Gasteiger partial charge on any atom is 0.0991 e. The average Bonchev–Trinajstić information content (AvgIpc) is 3.03. The third-order valence-electron chi connectivity index (χ3n) is 7.75.